The monoisotopic (exact) mass is 328 g/mol. The van der Waals surface area contributed by atoms with Crippen LogP contribution in [0.1, 0.15) is 36.0 Å². The highest BCUT2D eigenvalue weighted by molar-refractivity contribution is 9.10. The summed E-state index contributed by atoms with van der Waals surface area (Å²) in [5, 5.41) is 11.1. The summed E-state index contributed by atoms with van der Waals surface area (Å²) in [6.07, 6.45) is 2.63. The Morgan fingerprint density at radius 3 is 2.42 bits per heavy atom. The van der Waals surface area contributed by atoms with Gasteiger partial charge < -0.3 is 5.32 Å². The van der Waals surface area contributed by atoms with Crippen LogP contribution in [0, 0.1) is 0 Å². The largest absolute Gasteiger partial charge is 0.352 e. The fourth-order valence-corrected chi connectivity index (χ4v) is 1.81. The lowest BCUT2D eigenvalue weighted by Gasteiger charge is -2.05. The highest BCUT2D eigenvalue weighted by Crippen LogP contribution is 2.10. The van der Waals surface area contributed by atoms with E-state index in [1.807, 2.05) is 12.1 Å². The normalized spacial score (nSPS) is 10.0. The van der Waals surface area contributed by atoms with E-state index < -0.39 is 0 Å². The molecule has 5 nitrogen and oxygen atoms in total. The minimum atomic E-state index is -0.376. The van der Waals surface area contributed by atoms with Crippen LogP contribution in [-0.4, -0.2) is 23.6 Å². The third-order valence-corrected chi connectivity index (χ3v) is 3.13. The van der Waals surface area contributed by atoms with Crippen molar-refractivity contribution in [1.82, 2.24) is 10.8 Å². The topological polar surface area (TPSA) is 78.4 Å². The fraction of sp³-hybridized carbons (Fsp3) is 0.385. The average molecular weight is 329 g/mol. The van der Waals surface area contributed by atoms with E-state index in [9.17, 15) is 9.59 Å². The Kier molecular flexibility index (Phi) is 7.14. The number of carbonyl (C=O) groups is 2. The van der Waals surface area contributed by atoms with Crippen LogP contribution in [0.3, 0.4) is 0 Å². The van der Waals surface area contributed by atoms with E-state index in [2.05, 4.69) is 21.2 Å². The third-order valence-electron chi connectivity index (χ3n) is 2.60. The van der Waals surface area contributed by atoms with Crippen LogP contribution in [0.15, 0.2) is 28.7 Å². The third kappa shape index (κ3) is 6.35. The molecule has 3 N–H and O–H groups in total. The van der Waals surface area contributed by atoms with E-state index in [4.69, 9.17) is 5.21 Å². The van der Waals surface area contributed by atoms with Crippen LogP contribution in [0.4, 0.5) is 0 Å². The van der Waals surface area contributed by atoms with Gasteiger partial charge in [0.1, 0.15) is 0 Å². The molecule has 19 heavy (non-hydrogen) atoms. The number of hydroxylamine groups is 1. The molecule has 1 aromatic carbocycles. The molecule has 0 saturated carbocycles. The van der Waals surface area contributed by atoms with Crippen molar-refractivity contribution in [2.45, 2.75) is 25.7 Å². The van der Waals surface area contributed by atoms with Gasteiger partial charge >= 0.3 is 0 Å². The maximum atomic E-state index is 11.7. The highest BCUT2D eigenvalue weighted by atomic mass is 79.9. The number of unbranched alkanes of at least 4 members (excludes halogenated alkanes) is 2. The quantitative estimate of drug-likeness (QED) is 0.408. The zero-order chi connectivity index (χ0) is 14.1. The van der Waals surface area contributed by atoms with Gasteiger partial charge in [-0.15, -0.1) is 0 Å². The van der Waals surface area contributed by atoms with Crippen molar-refractivity contribution in [3.8, 4) is 0 Å². The lowest BCUT2D eigenvalue weighted by molar-refractivity contribution is -0.129. The summed E-state index contributed by atoms with van der Waals surface area (Å²) >= 11 is 3.31. The van der Waals surface area contributed by atoms with Gasteiger partial charge in [-0.2, -0.15) is 0 Å². The maximum absolute atomic E-state index is 11.7. The SMILES string of the molecule is O=C(CCCCCNC(=O)c1ccc(Br)cc1)NO. The van der Waals surface area contributed by atoms with E-state index in [0.717, 1.165) is 17.3 Å². The Hall–Kier alpha value is -1.40. The molecule has 0 saturated heterocycles. The molecule has 0 heterocycles. The summed E-state index contributed by atoms with van der Waals surface area (Å²) < 4.78 is 0.936. The number of benzene rings is 1. The first kappa shape index (κ1) is 15.7. The van der Waals surface area contributed by atoms with Gasteiger partial charge in [-0.05, 0) is 37.1 Å². The zero-order valence-corrected chi connectivity index (χ0v) is 12.1. The Bertz CT molecular complexity index is 420. The number of hydrogen-bond donors (Lipinski definition) is 3. The first-order chi connectivity index (χ1) is 9.13. The van der Waals surface area contributed by atoms with E-state index in [-0.39, 0.29) is 11.8 Å². The Morgan fingerprint density at radius 2 is 1.79 bits per heavy atom. The van der Waals surface area contributed by atoms with E-state index >= 15 is 0 Å². The number of amides is 2. The summed E-state index contributed by atoms with van der Waals surface area (Å²) in [6.45, 7) is 0.579. The minimum absolute atomic E-state index is 0.0967. The number of carbonyl (C=O) groups excluding carboxylic acids is 2. The van der Waals surface area contributed by atoms with Gasteiger partial charge in [-0.1, -0.05) is 22.4 Å². The molecule has 0 aliphatic rings. The molecule has 0 aliphatic heterocycles. The molecule has 0 bridgehead atoms. The van der Waals surface area contributed by atoms with Crippen LogP contribution in [-0.2, 0) is 4.79 Å². The van der Waals surface area contributed by atoms with Gasteiger partial charge in [0.2, 0.25) is 5.91 Å². The first-order valence-electron chi connectivity index (χ1n) is 6.10. The smallest absolute Gasteiger partial charge is 0.251 e. The number of hydrogen-bond acceptors (Lipinski definition) is 3. The first-order valence-corrected chi connectivity index (χ1v) is 6.89. The fourth-order valence-electron chi connectivity index (χ4n) is 1.55. The van der Waals surface area contributed by atoms with Crippen LogP contribution in [0.25, 0.3) is 0 Å². The second-order valence-electron chi connectivity index (χ2n) is 4.11. The van der Waals surface area contributed by atoms with E-state index in [1.54, 1.807) is 17.6 Å². The van der Waals surface area contributed by atoms with E-state index in [1.165, 1.54) is 0 Å². The maximum Gasteiger partial charge on any atom is 0.251 e. The van der Waals surface area contributed by atoms with Crippen LogP contribution < -0.4 is 10.8 Å². The second kappa shape index (κ2) is 8.66. The lowest BCUT2D eigenvalue weighted by Crippen LogP contribution is -2.24. The van der Waals surface area contributed by atoms with Gasteiger partial charge in [0, 0.05) is 23.0 Å². The van der Waals surface area contributed by atoms with Gasteiger partial charge in [-0.3, -0.25) is 14.8 Å². The highest BCUT2D eigenvalue weighted by Gasteiger charge is 2.04. The van der Waals surface area contributed by atoms with Crippen LogP contribution >= 0.6 is 15.9 Å². The summed E-state index contributed by atoms with van der Waals surface area (Å²) in [5.41, 5.74) is 2.22. The predicted octanol–water partition coefficient (Wildman–Crippen LogP) is 2.24. The van der Waals surface area contributed by atoms with Crippen molar-refractivity contribution in [2.24, 2.45) is 0 Å². The Morgan fingerprint density at radius 1 is 1.11 bits per heavy atom. The molecular formula is C13H17BrN2O3. The molecular weight excluding hydrogens is 312 g/mol. The predicted molar refractivity (Wildman–Crippen MR) is 74.9 cm³/mol. The van der Waals surface area contributed by atoms with Crippen molar-refractivity contribution in [3.05, 3.63) is 34.3 Å². The van der Waals surface area contributed by atoms with Gasteiger partial charge in [0.05, 0.1) is 0 Å². The Labute approximate surface area is 120 Å². The van der Waals surface area contributed by atoms with Crippen molar-refractivity contribution < 1.29 is 14.8 Å². The summed E-state index contributed by atoms with van der Waals surface area (Å²) in [7, 11) is 0. The Balaban J connectivity index is 2.14. The van der Waals surface area contributed by atoms with Crippen molar-refractivity contribution >= 4 is 27.7 Å². The molecule has 0 aromatic heterocycles. The molecule has 0 spiro atoms. The molecule has 0 atom stereocenters. The number of rotatable bonds is 7. The second-order valence-corrected chi connectivity index (χ2v) is 5.02. The molecule has 6 heteroatoms. The molecule has 0 radical (unpaired) electrons. The molecule has 0 fully saturated rings. The summed E-state index contributed by atoms with van der Waals surface area (Å²) in [6, 6.07) is 7.15. The summed E-state index contributed by atoms with van der Waals surface area (Å²) in [4.78, 5) is 22.5. The molecule has 0 unspecified atom stereocenters. The van der Waals surface area contributed by atoms with E-state index in [0.29, 0.717) is 24.9 Å². The molecule has 104 valence electrons. The molecule has 1 aromatic rings. The molecule has 0 aliphatic carbocycles. The van der Waals surface area contributed by atoms with Crippen molar-refractivity contribution in [2.75, 3.05) is 6.54 Å². The van der Waals surface area contributed by atoms with Gasteiger partial charge in [0.15, 0.2) is 0 Å². The average Bonchev–Trinajstić information content (AvgIpc) is 2.42. The lowest BCUT2D eigenvalue weighted by atomic mass is 10.2. The molecule has 1 rings (SSSR count). The number of halogens is 1. The summed E-state index contributed by atoms with van der Waals surface area (Å²) in [5.74, 6) is -0.473. The standard InChI is InChI=1S/C13H17BrN2O3/c14-11-7-5-10(6-8-11)13(18)15-9-3-1-2-4-12(17)16-19/h5-8,19H,1-4,9H2,(H,15,18)(H,16,17). The van der Waals surface area contributed by atoms with Crippen LogP contribution in [0.2, 0.25) is 0 Å². The minimum Gasteiger partial charge on any atom is -0.352 e. The number of nitrogens with one attached hydrogen (secondary N) is 2. The van der Waals surface area contributed by atoms with Gasteiger partial charge in [-0.25, -0.2) is 5.48 Å². The van der Waals surface area contributed by atoms with Crippen LogP contribution in [0.5, 0.6) is 0 Å². The van der Waals surface area contributed by atoms with Gasteiger partial charge in [0.25, 0.3) is 5.91 Å². The zero-order valence-electron chi connectivity index (χ0n) is 10.5. The van der Waals surface area contributed by atoms with Crippen molar-refractivity contribution in [3.63, 3.8) is 0 Å². The van der Waals surface area contributed by atoms with Crippen molar-refractivity contribution in [1.29, 1.82) is 0 Å². The molecule has 2 amide bonds.